The summed E-state index contributed by atoms with van der Waals surface area (Å²) in [6, 6.07) is 4.42. The van der Waals surface area contributed by atoms with Gasteiger partial charge in [-0.1, -0.05) is 25.7 Å². The molecule has 1 aromatic heterocycles. The summed E-state index contributed by atoms with van der Waals surface area (Å²) in [4.78, 5) is 12.3. The van der Waals surface area contributed by atoms with Crippen molar-refractivity contribution in [1.82, 2.24) is 9.88 Å². The van der Waals surface area contributed by atoms with E-state index < -0.39 is 25.6 Å². The number of carbonyl (C=O) groups excluding carboxylic acids is 1. The molecule has 1 aromatic carbocycles. The quantitative estimate of drug-likeness (QED) is 0.318. The number of nitriles is 1. The number of hydrogen-bond acceptors (Lipinski definition) is 4. The highest BCUT2D eigenvalue weighted by molar-refractivity contribution is 6.76. The minimum Gasteiger partial charge on any atom is -0.444 e. The molecule has 1 atom stereocenters. The number of aromatic nitrogens is 1. The van der Waals surface area contributed by atoms with E-state index in [9.17, 15) is 10.1 Å². The van der Waals surface area contributed by atoms with Crippen molar-refractivity contribution in [3.8, 4) is 6.07 Å². The topological polar surface area (TPSA) is 76.3 Å². The lowest BCUT2D eigenvalue weighted by atomic mass is 9.87. The molecule has 1 aliphatic rings. The van der Waals surface area contributed by atoms with E-state index in [1.807, 2.05) is 45.3 Å². The van der Waals surface area contributed by atoms with Gasteiger partial charge in [-0.25, -0.2) is 9.18 Å². The molecule has 1 unspecified atom stereocenters. The molecule has 0 radical (unpaired) electrons. The van der Waals surface area contributed by atoms with Crippen LogP contribution in [0.5, 0.6) is 0 Å². The maximum atomic E-state index is 15.6. The summed E-state index contributed by atoms with van der Waals surface area (Å²) in [7, 11) is -1.23. The Balaban J connectivity index is 1.96. The van der Waals surface area contributed by atoms with Gasteiger partial charge >= 0.3 is 6.09 Å². The van der Waals surface area contributed by atoms with Crippen molar-refractivity contribution in [3.63, 3.8) is 0 Å². The Hall–Kier alpha value is -2.63. The molecule has 3 rings (SSSR count). The van der Waals surface area contributed by atoms with E-state index in [4.69, 9.17) is 9.47 Å². The average molecular weight is 514 g/mol. The minimum atomic E-state index is -1.23. The largest absolute Gasteiger partial charge is 0.444 e. The summed E-state index contributed by atoms with van der Waals surface area (Å²) in [6.45, 7) is 17.3. The fraction of sp³-hybridized carbons (Fsp3) is 0.571. The average Bonchev–Trinajstić information content (AvgIpc) is 2.99. The maximum absolute atomic E-state index is 15.6. The number of ether oxygens (including phenoxy) is 2. The van der Waals surface area contributed by atoms with Gasteiger partial charge in [-0.2, -0.15) is 5.26 Å². The highest BCUT2D eigenvalue weighted by Gasteiger charge is 2.27. The molecule has 1 amide bonds. The zero-order valence-corrected chi connectivity index (χ0v) is 24.0. The second kappa shape index (κ2) is 10.8. The number of allylic oxidation sites excluding steroid dienone is 1. The van der Waals surface area contributed by atoms with Gasteiger partial charge in [-0.05, 0) is 77.1 Å². The molecule has 2 aromatic rings. The molecule has 6 nitrogen and oxygen atoms in total. The first-order valence-electron chi connectivity index (χ1n) is 12.7. The van der Waals surface area contributed by atoms with Crippen molar-refractivity contribution in [2.75, 3.05) is 6.61 Å². The normalized spacial score (nSPS) is 16.6. The third-order valence-electron chi connectivity index (χ3n) is 6.60. The summed E-state index contributed by atoms with van der Waals surface area (Å²) >= 11 is 0. The van der Waals surface area contributed by atoms with Crippen LogP contribution in [0.25, 0.3) is 16.5 Å². The number of aryl methyl sites for hydroxylation is 1. The highest BCUT2D eigenvalue weighted by Crippen LogP contribution is 2.39. The van der Waals surface area contributed by atoms with E-state index >= 15 is 4.39 Å². The van der Waals surface area contributed by atoms with Crippen LogP contribution in [0.2, 0.25) is 25.7 Å². The Morgan fingerprint density at radius 3 is 2.61 bits per heavy atom. The van der Waals surface area contributed by atoms with Crippen LogP contribution in [-0.4, -0.2) is 37.0 Å². The zero-order valence-electron chi connectivity index (χ0n) is 23.0. The summed E-state index contributed by atoms with van der Waals surface area (Å²) in [5.74, 6) is -0.414. The molecule has 0 spiro atoms. The number of benzene rings is 1. The van der Waals surface area contributed by atoms with Crippen LogP contribution < -0.4 is 5.32 Å². The van der Waals surface area contributed by atoms with Gasteiger partial charge < -0.3 is 19.4 Å². The van der Waals surface area contributed by atoms with Crippen molar-refractivity contribution in [3.05, 3.63) is 40.3 Å². The van der Waals surface area contributed by atoms with Gasteiger partial charge in [-0.3, -0.25) is 0 Å². The van der Waals surface area contributed by atoms with Crippen molar-refractivity contribution < 1.29 is 18.7 Å². The Bertz CT molecular complexity index is 1210. The smallest absolute Gasteiger partial charge is 0.407 e. The van der Waals surface area contributed by atoms with Crippen LogP contribution in [0.4, 0.5) is 9.18 Å². The third kappa shape index (κ3) is 6.57. The van der Waals surface area contributed by atoms with Gasteiger partial charge in [0.25, 0.3) is 0 Å². The lowest BCUT2D eigenvalue weighted by Gasteiger charge is -2.27. The highest BCUT2D eigenvalue weighted by atomic mass is 28.3. The third-order valence-corrected chi connectivity index (χ3v) is 8.30. The number of halogens is 1. The van der Waals surface area contributed by atoms with Crippen LogP contribution in [-0.2, 0) is 16.2 Å². The van der Waals surface area contributed by atoms with Crippen molar-refractivity contribution >= 4 is 30.6 Å². The number of rotatable bonds is 7. The first kappa shape index (κ1) is 27.9. The molecule has 1 N–H and O–H groups in total. The molecule has 196 valence electrons. The van der Waals surface area contributed by atoms with Gasteiger partial charge in [0, 0.05) is 37.4 Å². The van der Waals surface area contributed by atoms with Gasteiger partial charge in [-0.15, -0.1) is 0 Å². The lowest BCUT2D eigenvalue weighted by molar-refractivity contribution is 0.0502. The van der Waals surface area contributed by atoms with Crippen LogP contribution in [0.15, 0.2) is 12.1 Å². The van der Waals surface area contributed by atoms with E-state index in [1.54, 1.807) is 0 Å². The van der Waals surface area contributed by atoms with Gasteiger partial charge in [0.1, 0.15) is 24.2 Å². The van der Waals surface area contributed by atoms with Crippen LogP contribution >= 0.6 is 0 Å². The number of hydrogen-bond donors (Lipinski definition) is 1. The van der Waals surface area contributed by atoms with E-state index in [2.05, 4.69) is 31.0 Å². The molecule has 0 bridgehead atoms. The van der Waals surface area contributed by atoms with Crippen molar-refractivity contribution in [2.45, 2.75) is 97.9 Å². The summed E-state index contributed by atoms with van der Waals surface area (Å²) < 4.78 is 29.0. The predicted octanol–water partition coefficient (Wildman–Crippen LogP) is 7.04. The standard InChI is InChI=1S/C28H40FN3O3Si/c1-18-19(2)32(17-34-12-13-36(6,7)8)26-21(16-30)15-23(29)25(24(18)26)20-10-9-11-22(14-20)31-27(33)35-28(3,4)5/h10,15,22H,9,11-14,17H2,1-8H3,(H,31,33). The zero-order chi connectivity index (χ0) is 26.8. The molecule has 0 saturated heterocycles. The van der Waals surface area contributed by atoms with E-state index in [0.29, 0.717) is 36.4 Å². The van der Waals surface area contributed by atoms with Crippen molar-refractivity contribution in [2.24, 2.45) is 0 Å². The second-order valence-electron chi connectivity index (χ2n) is 12.0. The number of carbonyl (C=O) groups is 1. The van der Waals surface area contributed by atoms with Crippen molar-refractivity contribution in [1.29, 1.82) is 5.26 Å². The fourth-order valence-electron chi connectivity index (χ4n) is 4.64. The molecule has 0 fully saturated rings. The Kier molecular flexibility index (Phi) is 8.36. The van der Waals surface area contributed by atoms with Gasteiger partial charge in [0.2, 0.25) is 0 Å². The molecule has 0 aliphatic heterocycles. The molecule has 1 heterocycles. The molecule has 36 heavy (non-hydrogen) atoms. The Labute approximate surface area is 215 Å². The summed E-state index contributed by atoms with van der Waals surface area (Å²) in [6.07, 6.45) is 3.55. The number of nitrogens with zero attached hydrogens (tertiary/aromatic N) is 2. The monoisotopic (exact) mass is 513 g/mol. The number of fused-ring (bicyclic) bond motifs is 1. The minimum absolute atomic E-state index is 0.154. The predicted molar refractivity (Wildman–Crippen MR) is 145 cm³/mol. The van der Waals surface area contributed by atoms with Gasteiger partial charge in [0.15, 0.2) is 0 Å². The summed E-state index contributed by atoms with van der Waals surface area (Å²) in [5.41, 5.74) is 3.68. The van der Waals surface area contributed by atoms with Crippen LogP contribution in [0.3, 0.4) is 0 Å². The van der Waals surface area contributed by atoms with E-state index in [0.717, 1.165) is 41.1 Å². The molecule has 8 heteroatoms. The number of nitrogens with one attached hydrogen (secondary N) is 1. The Morgan fingerprint density at radius 1 is 1.31 bits per heavy atom. The number of alkyl carbamates (subject to hydrolysis) is 1. The number of amides is 1. The first-order chi connectivity index (χ1) is 16.7. The van der Waals surface area contributed by atoms with Crippen LogP contribution in [0.1, 0.15) is 62.4 Å². The molecule has 0 saturated carbocycles. The molecule has 1 aliphatic carbocycles. The van der Waals surface area contributed by atoms with Gasteiger partial charge in [0.05, 0.1) is 11.1 Å². The fourth-order valence-corrected chi connectivity index (χ4v) is 5.40. The summed E-state index contributed by atoms with van der Waals surface area (Å²) in [5, 5.41) is 13.6. The SMILES string of the molecule is Cc1c(C)n(COCC[Si](C)(C)C)c2c(C#N)cc(F)c(C3=CCCC(NC(=O)OC(C)(C)C)C3)c12. The Morgan fingerprint density at radius 2 is 2.00 bits per heavy atom. The van der Waals surface area contributed by atoms with E-state index in [1.165, 1.54) is 6.07 Å². The maximum Gasteiger partial charge on any atom is 0.407 e. The second-order valence-corrected chi connectivity index (χ2v) is 17.6. The molecular formula is C28H40FN3O3Si. The first-order valence-corrected chi connectivity index (χ1v) is 16.4. The van der Waals surface area contributed by atoms with Crippen LogP contribution in [0, 0.1) is 31.0 Å². The lowest BCUT2D eigenvalue weighted by Crippen LogP contribution is -2.39. The van der Waals surface area contributed by atoms with E-state index in [-0.39, 0.29) is 6.04 Å². The molecular weight excluding hydrogens is 473 g/mol.